The molecule has 1 saturated carbocycles. The Morgan fingerprint density at radius 1 is 1.07 bits per heavy atom. The molecule has 168 valence electrons. The minimum Gasteiger partial charge on any atom is -0.411 e. The van der Waals surface area contributed by atoms with Crippen molar-refractivity contribution in [1.29, 1.82) is 0 Å². The molecule has 0 N–H and O–H groups in total. The van der Waals surface area contributed by atoms with Gasteiger partial charge in [-0.2, -0.15) is 0 Å². The maximum Gasteiger partial charge on any atom is 0.192 e. The number of hydrogen-bond donors (Lipinski definition) is 0. The molecule has 1 aromatic rings. The van der Waals surface area contributed by atoms with Crippen LogP contribution in [0.5, 0.6) is 0 Å². The lowest BCUT2D eigenvalue weighted by molar-refractivity contribution is 0.103. The van der Waals surface area contributed by atoms with E-state index in [0.29, 0.717) is 5.04 Å². The first-order valence-electron chi connectivity index (χ1n) is 11.5. The Balaban J connectivity index is 2.28. The van der Waals surface area contributed by atoms with Crippen LogP contribution in [-0.2, 0) is 4.43 Å². The highest BCUT2D eigenvalue weighted by atomic mass is 28.4. The van der Waals surface area contributed by atoms with Gasteiger partial charge in [-0.05, 0) is 61.8 Å². The second-order valence-corrected chi connectivity index (χ2v) is 22.6. The van der Waals surface area contributed by atoms with Gasteiger partial charge in [-0.3, -0.25) is 4.99 Å². The van der Waals surface area contributed by atoms with Gasteiger partial charge in [0.1, 0.15) is 0 Å². The van der Waals surface area contributed by atoms with E-state index < -0.39 is 16.4 Å². The van der Waals surface area contributed by atoms with Crippen LogP contribution in [0.4, 0.5) is 0 Å². The van der Waals surface area contributed by atoms with Gasteiger partial charge < -0.3 is 4.43 Å². The summed E-state index contributed by atoms with van der Waals surface area (Å²) in [6.45, 7) is 28.0. The van der Waals surface area contributed by atoms with Crippen LogP contribution >= 0.6 is 0 Å². The average molecular weight is 444 g/mol. The average Bonchev–Trinajstić information content (AvgIpc) is 3.28. The molecule has 0 aromatic heterocycles. The third kappa shape index (κ3) is 5.63. The molecule has 0 spiro atoms. The van der Waals surface area contributed by atoms with Crippen LogP contribution in [0.3, 0.4) is 0 Å². The lowest BCUT2D eigenvalue weighted by Gasteiger charge is -2.44. The van der Waals surface area contributed by atoms with E-state index in [1.54, 1.807) is 0 Å². The molecule has 2 nitrogen and oxygen atoms in total. The number of hydrogen-bond acceptors (Lipinski definition) is 2. The molecule has 0 amide bonds. The summed E-state index contributed by atoms with van der Waals surface area (Å²) >= 11 is 0. The molecule has 0 bridgehead atoms. The molecule has 1 aliphatic rings. The van der Waals surface area contributed by atoms with Crippen molar-refractivity contribution in [3.8, 4) is 0 Å². The molecular formula is C26H45NOSi2. The number of benzene rings is 1. The van der Waals surface area contributed by atoms with E-state index in [2.05, 4.69) is 98.2 Å². The lowest BCUT2D eigenvalue weighted by Crippen LogP contribution is -2.50. The van der Waals surface area contributed by atoms with E-state index in [9.17, 15) is 0 Å². The van der Waals surface area contributed by atoms with E-state index in [1.807, 2.05) is 12.3 Å². The number of rotatable bonds is 9. The quantitative estimate of drug-likeness (QED) is 0.215. The predicted octanol–water partition coefficient (Wildman–Crippen LogP) is 8.09. The molecule has 0 radical (unpaired) electrons. The second kappa shape index (κ2) is 8.52. The Hall–Kier alpha value is -0.976. The Bertz CT molecular complexity index is 768. The van der Waals surface area contributed by atoms with Crippen molar-refractivity contribution >= 4 is 22.6 Å². The Morgan fingerprint density at radius 2 is 1.60 bits per heavy atom. The highest BCUT2D eigenvalue weighted by molar-refractivity contribution is 6.81. The molecule has 1 aromatic carbocycles. The fraction of sp³-hybridized carbons (Fsp3) is 0.654. The third-order valence-electron chi connectivity index (χ3n) is 7.71. The molecule has 2 atom stereocenters. The fourth-order valence-electron chi connectivity index (χ4n) is 4.09. The van der Waals surface area contributed by atoms with Gasteiger partial charge in [0.2, 0.25) is 0 Å². The maximum atomic E-state index is 7.04. The SMILES string of the molecule is C=C1CC1(CCC(O[Si](C)(C)C(C)(C)C)C(C)(C)N=Cc1ccccc1)[Si](C)(C)C. The van der Waals surface area contributed by atoms with E-state index in [-0.39, 0.29) is 16.7 Å². The van der Waals surface area contributed by atoms with E-state index in [1.165, 1.54) is 18.4 Å². The zero-order valence-electron chi connectivity index (χ0n) is 21.2. The first-order chi connectivity index (χ1) is 13.5. The van der Waals surface area contributed by atoms with Crippen LogP contribution in [0.25, 0.3) is 0 Å². The summed E-state index contributed by atoms with van der Waals surface area (Å²) in [5, 5.41) is 0.575. The predicted molar refractivity (Wildman–Crippen MR) is 139 cm³/mol. The van der Waals surface area contributed by atoms with Crippen LogP contribution in [0, 0.1) is 0 Å². The number of allylic oxidation sites excluding steroid dienone is 1. The van der Waals surface area contributed by atoms with Gasteiger partial charge in [0, 0.05) is 6.21 Å². The third-order valence-corrected chi connectivity index (χ3v) is 15.9. The molecule has 0 saturated heterocycles. The van der Waals surface area contributed by atoms with Gasteiger partial charge in [0.05, 0.1) is 19.7 Å². The van der Waals surface area contributed by atoms with Crippen molar-refractivity contribution in [2.75, 3.05) is 0 Å². The summed E-state index contributed by atoms with van der Waals surface area (Å²) in [7, 11) is -3.22. The van der Waals surface area contributed by atoms with Crippen molar-refractivity contribution in [3.63, 3.8) is 0 Å². The van der Waals surface area contributed by atoms with Crippen LogP contribution < -0.4 is 0 Å². The standard InChI is InChI=1S/C26H45NOSi2/c1-21-19-26(21,29(7,8)9)18-17-23(28-30(10,11)24(2,3)4)25(5,6)27-20-22-15-13-12-14-16-22/h12-16,20,23H,1,17-19H2,2-11H3. The molecule has 2 unspecified atom stereocenters. The molecule has 2 rings (SSSR count). The zero-order chi connectivity index (χ0) is 23.0. The zero-order valence-corrected chi connectivity index (χ0v) is 23.2. The van der Waals surface area contributed by atoms with Gasteiger partial charge in [0.25, 0.3) is 0 Å². The molecule has 30 heavy (non-hydrogen) atoms. The Kier molecular flexibility index (Phi) is 7.18. The van der Waals surface area contributed by atoms with Gasteiger partial charge in [-0.25, -0.2) is 0 Å². The van der Waals surface area contributed by atoms with Crippen LogP contribution in [0.1, 0.15) is 59.4 Å². The number of aliphatic imine (C=N–C) groups is 1. The van der Waals surface area contributed by atoms with Gasteiger partial charge in [-0.1, -0.05) is 82.9 Å². The topological polar surface area (TPSA) is 21.6 Å². The van der Waals surface area contributed by atoms with Gasteiger partial charge in [0.15, 0.2) is 8.32 Å². The smallest absolute Gasteiger partial charge is 0.192 e. The first-order valence-corrected chi connectivity index (χ1v) is 17.9. The highest BCUT2D eigenvalue weighted by Crippen LogP contribution is 2.68. The molecule has 0 aliphatic heterocycles. The van der Waals surface area contributed by atoms with Crippen molar-refractivity contribution in [1.82, 2.24) is 0 Å². The minimum atomic E-state index is -1.91. The molecule has 4 heteroatoms. The summed E-state index contributed by atoms with van der Waals surface area (Å²) in [4.78, 5) is 5.06. The Morgan fingerprint density at radius 3 is 2.03 bits per heavy atom. The lowest BCUT2D eigenvalue weighted by atomic mass is 9.93. The van der Waals surface area contributed by atoms with Crippen molar-refractivity contribution in [2.24, 2.45) is 4.99 Å². The largest absolute Gasteiger partial charge is 0.411 e. The molecule has 1 aliphatic carbocycles. The first kappa shape index (κ1) is 25.3. The van der Waals surface area contributed by atoms with Gasteiger partial charge in [-0.15, -0.1) is 0 Å². The van der Waals surface area contributed by atoms with Gasteiger partial charge >= 0.3 is 0 Å². The summed E-state index contributed by atoms with van der Waals surface area (Å²) in [5.41, 5.74) is 2.34. The maximum absolute atomic E-state index is 7.04. The van der Waals surface area contributed by atoms with Crippen molar-refractivity contribution < 1.29 is 4.43 Å². The summed E-state index contributed by atoms with van der Waals surface area (Å²) in [6.07, 6.45) is 5.58. The van der Waals surface area contributed by atoms with E-state index >= 15 is 0 Å². The summed E-state index contributed by atoms with van der Waals surface area (Å²) < 4.78 is 7.04. The molecule has 0 heterocycles. The monoisotopic (exact) mass is 443 g/mol. The molecule has 1 fully saturated rings. The van der Waals surface area contributed by atoms with E-state index in [4.69, 9.17) is 9.42 Å². The second-order valence-electron chi connectivity index (χ2n) is 12.3. The molecular weight excluding hydrogens is 398 g/mol. The van der Waals surface area contributed by atoms with Crippen LogP contribution in [0.2, 0.25) is 42.8 Å². The van der Waals surface area contributed by atoms with E-state index in [0.717, 1.165) is 12.0 Å². The summed E-state index contributed by atoms with van der Waals surface area (Å²) in [5.74, 6) is 0. The summed E-state index contributed by atoms with van der Waals surface area (Å²) in [6, 6.07) is 10.4. The Labute approximate surface area is 188 Å². The van der Waals surface area contributed by atoms with Crippen molar-refractivity contribution in [2.45, 2.75) is 108 Å². The minimum absolute atomic E-state index is 0.111. The highest BCUT2D eigenvalue weighted by Gasteiger charge is 2.56. The number of nitrogens with zero attached hydrogens (tertiary/aromatic N) is 1. The van der Waals surface area contributed by atoms with Crippen LogP contribution in [0.15, 0.2) is 47.5 Å². The normalized spacial score (nSPS) is 21.9. The fourth-order valence-corrected chi connectivity index (χ4v) is 8.25. The van der Waals surface area contributed by atoms with Crippen LogP contribution in [-0.4, -0.2) is 34.2 Å². The van der Waals surface area contributed by atoms with Crippen molar-refractivity contribution in [3.05, 3.63) is 48.0 Å².